The normalized spacial score (nSPS) is 12.8. The molecule has 0 spiro atoms. The Kier molecular flexibility index (Phi) is 8.42. The van der Waals surface area contributed by atoms with Crippen LogP contribution in [0.15, 0.2) is 97.1 Å². The zero-order chi connectivity index (χ0) is 31.8. The Morgan fingerprint density at radius 2 is 1.02 bits per heavy atom. The highest BCUT2D eigenvalue weighted by molar-refractivity contribution is 6.09. The Balaban J connectivity index is 1.60. The molecule has 0 radical (unpaired) electrons. The largest absolute Gasteiger partial charge is 0.508 e. The zero-order valence-electron chi connectivity index (χ0n) is 23.8. The van der Waals surface area contributed by atoms with Gasteiger partial charge in [0.15, 0.2) is 5.78 Å². The highest BCUT2D eigenvalue weighted by Crippen LogP contribution is 2.56. The SMILES string of the molecule is CC(C)c1ccc(C(=O)c2ccc(C(C)(C)Oc3ccc(C(c4ccc(O)cc4)(C(F)(F)F)C(F)(F)F)cc3)cc2)cc1. The maximum absolute atomic E-state index is 14.3. The number of halogens is 6. The predicted octanol–water partition coefficient (Wildman–Crippen LogP) is 9.47. The minimum absolute atomic E-state index is 0.0445. The number of alkyl halides is 6. The summed E-state index contributed by atoms with van der Waals surface area (Å²) in [5.74, 6) is -0.255. The molecule has 0 aromatic heterocycles. The number of hydrogen-bond donors (Lipinski definition) is 1. The van der Waals surface area contributed by atoms with Crippen molar-refractivity contribution < 1.29 is 41.0 Å². The summed E-state index contributed by atoms with van der Waals surface area (Å²) in [6.07, 6.45) is -11.5. The molecule has 0 amide bonds. The average molecular weight is 601 g/mol. The molecule has 0 saturated carbocycles. The van der Waals surface area contributed by atoms with Crippen LogP contribution in [-0.4, -0.2) is 23.2 Å². The maximum atomic E-state index is 14.3. The first-order valence-electron chi connectivity index (χ1n) is 13.4. The molecule has 9 heteroatoms. The number of rotatable bonds is 8. The van der Waals surface area contributed by atoms with Gasteiger partial charge in [0.2, 0.25) is 5.41 Å². The summed E-state index contributed by atoms with van der Waals surface area (Å²) in [6.45, 7) is 7.50. The molecule has 0 bridgehead atoms. The van der Waals surface area contributed by atoms with Crippen LogP contribution < -0.4 is 4.74 Å². The monoisotopic (exact) mass is 600 g/mol. The van der Waals surface area contributed by atoms with E-state index in [2.05, 4.69) is 13.8 Å². The second-order valence-corrected chi connectivity index (χ2v) is 11.1. The van der Waals surface area contributed by atoms with E-state index in [1.165, 1.54) is 0 Å². The van der Waals surface area contributed by atoms with Gasteiger partial charge in [-0.1, -0.05) is 86.6 Å². The number of ether oxygens (including phenoxy) is 1. The van der Waals surface area contributed by atoms with E-state index in [4.69, 9.17) is 4.74 Å². The number of carbonyl (C=O) groups excluding carboxylic acids is 1. The third-order valence-corrected chi connectivity index (χ3v) is 7.49. The van der Waals surface area contributed by atoms with Gasteiger partial charge >= 0.3 is 12.4 Å². The molecule has 0 aliphatic carbocycles. The number of carbonyl (C=O) groups is 1. The summed E-state index contributed by atoms with van der Waals surface area (Å²) in [5.41, 5.74) is -4.78. The summed E-state index contributed by atoms with van der Waals surface area (Å²) in [7, 11) is 0. The van der Waals surface area contributed by atoms with E-state index in [1.54, 1.807) is 50.2 Å². The van der Waals surface area contributed by atoms with E-state index in [0.717, 1.165) is 42.0 Å². The van der Waals surface area contributed by atoms with Crippen LogP contribution >= 0.6 is 0 Å². The Morgan fingerprint density at radius 3 is 1.44 bits per heavy atom. The van der Waals surface area contributed by atoms with Crippen LogP contribution in [0.4, 0.5) is 26.3 Å². The van der Waals surface area contributed by atoms with Crippen molar-refractivity contribution in [3.05, 3.63) is 130 Å². The standard InChI is InChI=1S/C34H30F6O3/c1-21(2)22-5-7-23(8-6-22)30(42)24-9-11-25(12-10-24)31(3,4)43-29-19-15-27(16-20-29)32(33(35,36)37,34(38,39)40)26-13-17-28(41)18-14-26/h5-21,41H,1-4H3. The van der Waals surface area contributed by atoms with Gasteiger partial charge in [-0.2, -0.15) is 26.3 Å². The van der Waals surface area contributed by atoms with Crippen molar-refractivity contribution in [2.75, 3.05) is 0 Å². The number of aromatic hydroxyl groups is 1. The highest BCUT2D eigenvalue weighted by atomic mass is 19.4. The first kappa shape index (κ1) is 31.7. The van der Waals surface area contributed by atoms with Crippen LogP contribution in [0.25, 0.3) is 0 Å². The Morgan fingerprint density at radius 1 is 0.628 bits per heavy atom. The first-order chi connectivity index (χ1) is 20.0. The predicted molar refractivity (Wildman–Crippen MR) is 151 cm³/mol. The number of phenols is 1. The van der Waals surface area contributed by atoms with E-state index in [-0.39, 0.29) is 11.5 Å². The molecule has 0 aliphatic rings. The Labute approximate surface area is 245 Å². The quantitative estimate of drug-likeness (QED) is 0.162. The molecular formula is C34H30F6O3. The topological polar surface area (TPSA) is 46.5 Å². The summed E-state index contributed by atoms with van der Waals surface area (Å²) in [4.78, 5) is 12.9. The fourth-order valence-corrected chi connectivity index (χ4v) is 5.03. The summed E-state index contributed by atoms with van der Waals surface area (Å²) < 4.78 is 92.1. The van der Waals surface area contributed by atoms with E-state index in [1.807, 2.05) is 12.1 Å². The van der Waals surface area contributed by atoms with E-state index < -0.39 is 40.2 Å². The smallest absolute Gasteiger partial charge is 0.411 e. The lowest BCUT2D eigenvalue weighted by molar-refractivity contribution is -0.288. The van der Waals surface area contributed by atoms with Gasteiger partial charge < -0.3 is 9.84 Å². The van der Waals surface area contributed by atoms with Crippen LogP contribution in [0.2, 0.25) is 0 Å². The average Bonchev–Trinajstić information content (AvgIpc) is 2.93. The van der Waals surface area contributed by atoms with Crippen LogP contribution in [0.3, 0.4) is 0 Å². The van der Waals surface area contributed by atoms with Crippen molar-refractivity contribution in [3.8, 4) is 11.5 Å². The molecule has 1 N–H and O–H groups in total. The second kappa shape index (κ2) is 11.4. The molecule has 0 atom stereocenters. The molecule has 0 saturated heterocycles. The molecule has 0 fully saturated rings. The fraction of sp³-hybridized carbons (Fsp3) is 0.265. The van der Waals surface area contributed by atoms with Crippen LogP contribution in [0, 0.1) is 0 Å². The lowest BCUT2D eigenvalue weighted by Crippen LogP contribution is -2.54. The molecule has 4 aromatic rings. The number of phenolic OH excluding ortho intramolecular Hbond substituents is 1. The number of hydrogen-bond acceptors (Lipinski definition) is 3. The summed E-state index contributed by atoms with van der Waals surface area (Å²) in [6, 6.07) is 20.4. The summed E-state index contributed by atoms with van der Waals surface area (Å²) >= 11 is 0. The second-order valence-electron chi connectivity index (χ2n) is 11.1. The van der Waals surface area contributed by atoms with E-state index >= 15 is 0 Å². The summed E-state index contributed by atoms with van der Waals surface area (Å²) in [5, 5.41) is 9.46. The lowest BCUT2D eigenvalue weighted by atomic mass is 9.73. The maximum Gasteiger partial charge on any atom is 0.411 e. The molecule has 226 valence electrons. The zero-order valence-corrected chi connectivity index (χ0v) is 23.8. The van der Waals surface area contributed by atoms with Crippen molar-refractivity contribution in [2.24, 2.45) is 0 Å². The Bertz CT molecular complexity index is 1540. The van der Waals surface area contributed by atoms with Gasteiger partial charge in [0, 0.05) is 11.1 Å². The van der Waals surface area contributed by atoms with Crippen molar-refractivity contribution >= 4 is 5.78 Å². The Hall–Kier alpha value is -4.27. The van der Waals surface area contributed by atoms with Crippen LogP contribution in [0.5, 0.6) is 11.5 Å². The van der Waals surface area contributed by atoms with Gasteiger partial charge in [0.25, 0.3) is 0 Å². The van der Waals surface area contributed by atoms with Gasteiger partial charge in [-0.05, 0) is 66.3 Å². The van der Waals surface area contributed by atoms with Crippen molar-refractivity contribution in [1.29, 1.82) is 0 Å². The van der Waals surface area contributed by atoms with Crippen molar-refractivity contribution in [3.63, 3.8) is 0 Å². The van der Waals surface area contributed by atoms with E-state index in [9.17, 15) is 36.2 Å². The van der Waals surface area contributed by atoms with Crippen LogP contribution in [-0.2, 0) is 11.0 Å². The minimum Gasteiger partial charge on any atom is -0.508 e. The third-order valence-electron chi connectivity index (χ3n) is 7.49. The number of ketones is 1. The van der Waals surface area contributed by atoms with Gasteiger partial charge in [-0.15, -0.1) is 0 Å². The van der Waals surface area contributed by atoms with Gasteiger partial charge in [0.1, 0.15) is 17.1 Å². The molecule has 0 heterocycles. The number of benzene rings is 4. The first-order valence-corrected chi connectivity index (χ1v) is 13.4. The molecule has 4 rings (SSSR count). The molecular weight excluding hydrogens is 570 g/mol. The van der Waals surface area contributed by atoms with Gasteiger partial charge in [-0.25, -0.2) is 0 Å². The fourth-order valence-electron chi connectivity index (χ4n) is 5.03. The van der Waals surface area contributed by atoms with Crippen molar-refractivity contribution in [1.82, 2.24) is 0 Å². The van der Waals surface area contributed by atoms with Gasteiger partial charge in [0.05, 0.1) is 0 Å². The molecule has 0 aliphatic heterocycles. The molecule has 0 unspecified atom stereocenters. The van der Waals surface area contributed by atoms with Gasteiger partial charge in [-0.3, -0.25) is 4.79 Å². The molecule has 43 heavy (non-hydrogen) atoms. The highest BCUT2D eigenvalue weighted by Gasteiger charge is 2.72. The minimum atomic E-state index is -5.75. The van der Waals surface area contributed by atoms with Crippen LogP contribution in [0.1, 0.15) is 71.8 Å². The lowest BCUT2D eigenvalue weighted by Gasteiger charge is -2.38. The molecule has 4 aromatic carbocycles. The van der Waals surface area contributed by atoms with Crippen molar-refractivity contribution in [2.45, 2.75) is 57.0 Å². The molecule has 3 nitrogen and oxygen atoms in total. The van der Waals surface area contributed by atoms with E-state index in [0.29, 0.717) is 34.7 Å². The third kappa shape index (κ3) is 6.12.